The van der Waals surface area contributed by atoms with Crippen molar-refractivity contribution in [1.82, 2.24) is 9.80 Å². The van der Waals surface area contributed by atoms with Gasteiger partial charge in [-0.15, -0.1) is 0 Å². The number of fused-ring (bicyclic) bond motifs is 1. The minimum absolute atomic E-state index is 0.328. The van der Waals surface area contributed by atoms with Gasteiger partial charge in [-0.2, -0.15) is 0 Å². The van der Waals surface area contributed by atoms with Gasteiger partial charge in [0.05, 0.1) is 0 Å². The summed E-state index contributed by atoms with van der Waals surface area (Å²) in [6.07, 6.45) is 3.37. The number of para-hydroxylation sites is 1. The van der Waals surface area contributed by atoms with Gasteiger partial charge >= 0.3 is 0 Å². The second-order valence-corrected chi connectivity index (χ2v) is 6.52. The lowest BCUT2D eigenvalue weighted by Crippen LogP contribution is -2.49. The van der Waals surface area contributed by atoms with Crippen molar-refractivity contribution in [2.45, 2.75) is 31.2 Å². The van der Waals surface area contributed by atoms with Crippen molar-refractivity contribution in [3.05, 3.63) is 29.8 Å². The molecule has 0 bridgehead atoms. The number of nitrogens with zero attached hydrogens (tertiary/aromatic N) is 2. The van der Waals surface area contributed by atoms with Crippen LogP contribution in [0.5, 0.6) is 0 Å². The second-order valence-electron chi connectivity index (χ2n) is 6.52. The minimum Gasteiger partial charge on any atom is -0.384 e. The number of hydrogen-bond acceptors (Lipinski definition) is 3. The first-order valence-corrected chi connectivity index (χ1v) is 8.16. The van der Waals surface area contributed by atoms with E-state index in [0.29, 0.717) is 18.2 Å². The number of anilines is 1. The molecule has 4 nitrogen and oxygen atoms in total. The normalized spacial score (nSPS) is 25.5. The summed E-state index contributed by atoms with van der Waals surface area (Å²) in [4.78, 5) is 17.2. The molecule has 0 aromatic heterocycles. The number of rotatable bonds is 3. The standard InChI is InChI=1S/C17H23N3O/c21-17(20-9-7-19(8-10-20)14-5-6-14)11-13-12-18-16-4-2-1-3-15(13)16/h1-4,13-14,18H,5-12H2. The highest BCUT2D eigenvalue weighted by atomic mass is 16.2. The largest absolute Gasteiger partial charge is 0.384 e. The molecule has 1 aliphatic carbocycles. The molecule has 1 saturated carbocycles. The quantitative estimate of drug-likeness (QED) is 0.921. The lowest BCUT2D eigenvalue weighted by molar-refractivity contribution is -0.133. The van der Waals surface area contributed by atoms with Crippen LogP contribution in [-0.2, 0) is 4.79 Å². The third-order valence-corrected chi connectivity index (χ3v) is 5.09. The van der Waals surface area contributed by atoms with E-state index in [-0.39, 0.29) is 0 Å². The fourth-order valence-electron chi connectivity index (χ4n) is 3.66. The van der Waals surface area contributed by atoms with Crippen molar-refractivity contribution in [1.29, 1.82) is 0 Å². The zero-order valence-electron chi connectivity index (χ0n) is 12.4. The van der Waals surface area contributed by atoms with E-state index in [9.17, 15) is 4.79 Å². The predicted molar refractivity (Wildman–Crippen MR) is 83.5 cm³/mol. The maximum Gasteiger partial charge on any atom is 0.223 e. The van der Waals surface area contributed by atoms with Gasteiger partial charge in [-0.05, 0) is 24.5 Å². The minimum atomic E-state index is 0.328. The molecule has 1 unspecified atom stereocenters. The van der Waals surface area contributed by atoms with Gasteiger partial charge in [0.25, 0.3) is 0 Å². The molecule has 0 spiro atoms. The molecule has 2 heterocycles. The van der Waals surface area contributed by atoms with Gasteiger partial charge < -0.3 is 10.2 Å². The SMILES string of the molecule is O=C(CC1CNc2ccccc21)N1CCN(C2CC2)CC1. The van der Waals surface area contributed by atoms with E-state index in [0.717, 1.165) is 38.8 Å². The molecule has 112 valence electrons. The van der Waals surface area contributed by atoms with Crippen molar-refractivity contribution in [3.63, 3.8) is 0 Å². The molecule has 21 heavy (non-hydrogen) atoms. The molecule has 1 aromatic carbocycles. The molecule has 3 aliphatic rings. The molecular weight excluding hydrogens is 262 g/mol. The van der Waals surface area contributed by atoms with E-state index in [1.165, 1.54) is 24.1 Å². The van der Waals surface area contributed by atoms with Gasteiger partial charge in [-0.3, -0.25) is 9.69 Å². The Morgan fingerprint density at radius 1 is 1.14 bits per heavy atom. The van der Waals surface area contributed by atoms with Crippen molar-refractivity contribution < 1.29 is 4.79 Å². The summed E-state index contributed by atoms with van der Waals surface area (Å²) in [5, 5.41) is 3.41. The van der Waals surface area contributed by atoms with E-state index in [4.69, 9.17) is 0 Å². The second kappa shape index (κ2) is 5.34. The average Bonchev–Trinajstić information content (AvgIpc) is 3.30. The first kappa shape index (κ1) is 13.1. The number of amides is 1. The molecule has 2 aliphatic heterocycles. The fourth-order valence-corrected chi connectivity index (χ4v) is 3.66. The Balaban J connectivity index is 1.34. The predicted octanol–water partition coefficient (Wildman–Crippen LogP) is 1.89. The summed E-state index contributed by atoms with van der Waals surface area (Å²) >= 11 is 0. The summed E-state index contributed by atoms with van der Waals surface area (Å²) < 4.78 is 0. The number of piperazine rings is 1. The Bertz CT molecular complexity index is 533. The van der Waals surface area contributed by atoms with Gasteiger partial charge in [0, 0.05) is 56.8 Å². The summed E-state index contributed by atoms with van der Waals surface area (Å²) in [6.45, 7) is 4.85. The Morgan fingerprint density at radius 3 is 2.67 bits per heavy atom. The zero-order valence-corrected chi connectivity index (χ0v) is 12.4. The van der Waals surface area contributed by atoms with Crippen LogP contribution in [0.25, 0.3) is 0 Å². The van der Waals surface area contributed by atoms with Crippen LogP contribution in [0.4, 0.5) is 5.69 Å². The van der Waals surface area contributed by atoms with Crippen LogP contribution in [0.1, 0.15) is 30.7 Å². The summed E-state index contributed by atoms with van der Waals surface area (Å²) in [6, 6.07) is 9.20. The lowest BCUT2D eigenvalue weighted by Gasteiger charge is -2.35. The molecule has 4 rings (SSSR count). The summed E-state index contributed by atoms with van der Waals surface area (Å²) in [5.74, 6) is 0.670. The van der Waals surface area contributed by atoms with Crippen LogP contribution in [0.15, 0.2) is 24.3 Å². The van der Waals surface area contributed by atoms with E-state index < -0.39 is 0 Å². The van der Waals surface area contributed by atoms with Crippen molar-refractivity contribution in [2.75, 3.05) is 38.0 Å². The Labute approximate surface area is 126 Å². The van der Waals surface area contributed by atoms with Crippen LogP contribution in [0.3, 0.4) is 0 Å². The van der Waals surface area contributed by atoms with Gasteiger partial charge in [0.15, 0.2) is 0 Å². The highest BCUT2D eigenvalue weighted by Crippen LogP contribution is 2.34. The van der Waals surface area contributed by atoms with Crippen LogP contribution in [0, 0.1) is 0 Å². The van der Waals surface area contributed by atoms with Gasteiger partial charge in [0.2, 0.25) is 5.91 Å². The number of hydrogen-bond donors (Lipinski definition) is 1. The molecular formula is C17H23N3O. The Kier molecular flexibility index (Phi) is 3.34. The molecule has 2 fully saturated rings. The number of carbonyl (C=O) groups excluding carboxylic acids is 1. The first-order chi connectivity index (χ1) is 10.3. The maximum absolute atomic E-state index is 12.5. The zero-order chi connectivity index (χ0) is 14.2. The summed E-state index contributed by atoms with van der Waals surface area (Å²) in [5.41, 5.74) is 2.51. The van der Waals surface area contributed by atoms with Crippen LogP contribution in [0.2, 0.25) is 0 Å². The van der Waals surface area contributed by atoms with Gasteiger partial charge in [-0.1, -0.05) is 18.2 Å². The average molecular weight is 285 g/mol. The third-order valence-electron chi connectivity index (χ3n) is 5.09. The Hall–Kier alpha value is -1.55. The number of nitrogens with one attached hydrogen (secondary N) is 1. The van der Waals surface area contributed by atoms with Crippen molar-refractivity contribution >= 4 is 11.6 Å². The number of carbonyl (C=O) groups is 1. The first-order valence-electron chi connectivity index (χ1n) is 8.16. The highest BCUT2D eigenvalue weighted by Gasteiger charge is 2.33. The molecule has 1 saturated heterocycles. The van der Waals surface area contributed by atoms with Gasteiger partial charge in [0.1, 0.15) is 0 Å². The van der Waals surface area contributed by atoms with Crippen LogP contribution < -0.4 is 5.32 Å². The van der Waals surface area contributed by atoms with E-state index in [1.807, 2.05) is 6.07 Å². The van der Waals surface area contributed by atoms with E-state index in [1.54, 1.807) is 0 Å². The van der Waals surface area contributed by atoms with Crippen molar-refractivity contribution in [3.8, 4) is 0 Å². The smallest absolute Gasteiger partial charge is 0.223 e. The van der Waals surface area contributed by atoms with Gasteiger partial charge in [-0.25, -0.2) is 0 Å². The van der Waals surface area contributed by atoms with E-state index in [2.05, 4.69) is 33.3 Å². The molecule has 4 heteroatoms. The monoisotopic (exact) mass is 285 g/mol. The van der Waals surface area contributed by atoms with Crippen LogP contribution >= 0.6 is 0 Å². The molecule has 1 amide bonds. The maximum atomic E-state index is 12.5. The number of benzene rings is 1. The third kappa shape index (κ3) is 2.64. The molecule has 1 N–H and O–H groups in total. The van der Waals surface area contributed by atoms with Crippen molar-refractivity contribution in [2.24, 2.45) is 0 Å². The molecule has 1 aromatic rings. The molecule has 0 radical (unpaired) electrons. The van der Waals surface area contributed by atoms with E-state index >= 15 is 0 Å². The fraction of sp³-hybridized carbons (Fsp3) is 0.588. The summed E-state index contributed by atoms with van der Waals surface area (Å²) in [7, 11) is 0. The highest BCUT2D eigenvalue weighted by molar-refractivity contribution is 5.78. The topological polar surface area (TPSA) is 35.6 Å². The Morgan fingerprint density at radius 2 is 1.90 bits per heavy atom. The lowest BCUT2D eigenvalue weighted by atomic mass is 9.97. The molecule has 1 atom stereocenters. The van der Waals surface area contributed by atoms with Crippen LogP contribution in [-0.4, -0.2) is 54.5 Å².